The van der Waals surface area contributed by atoms with E-state index in [0.717, 1.165) is 32.6 Å². The zero-order valence-electron chi connectivity index (χ0n) is 10.5. The quantitative estimate of drug-likeness (QED) is 0.794. The maximum atomic E-state index is 9.88. The Morgan fingerprint density at radius 2 is 2.06 bits per heavy atom. The summed E-state index contributed by atoms with van der Waals surface area (Å²) >= 11 is 0. The Bertz CT molecular complexity index is 328. The van der Waals surface area contributed by atoms with Crippen LogP contribution in [0.3, 0.4) is 0 Å². The van der Waals surface area contributed by atoms with Crippen LogP contribution in [0.4, 0.5) is 0 Å². The van der Waals surface area contributed by atoms with E-state index in [1.54, 1.807) is 0 Å². The summed E-state index contributed by atoms with van der Waals surface area (Å²) in [7, 11) is 0. The van der Waals surface area contributed by atoms with Crippen LogP contribution in [-0.2, 0) is 6.42 Å². The van der Waals surface area contributed by atoms with Crippen LogP contribution in [0.1, 0.15) is 12.5 Å². The van der Waals surface area contributed by atoms with Gasteiger partial charge in [0.1, 0.15) is 0 Å². The van der Waals surface area contributed by atoms with Crippen molar-refractivity contribution in [3.63, 3.8) is 0 Å². The predicted molar refractivity (Wildman–Crippen MR) is 70.1 cm³/mol. The largest absolute Gasteiger partial charge is 0.390 e. The molecule has 17 heavy (non-hydrogen) atoms. The van der Waals surface area contributed by atoms with Crippen LogP contribution in [0.25, 0.3) is 0 Å². The number of hydrogen-bond acceptors (Lipinski definition) is 3. The van der Waals surface area contributed by atoms with Gasteiger partial charge in [-0.25, -0.2) is 0 Å². The van der Waals surface area contributed by atoms with Crippen LogP contribution in [0.5, 0.6) is 0 Å². The molecule has 2 atom stereocenters. The van der Waals surface area contributed by atoms with Gasteiger partial charge in [-0.2, -0.15) is 0 Å². The van der Waals surface area contributed by atoms with Gasteiger partial charge in [0, 0.05) is 19.1 Å². The highest BCUT2D eigenvalue weighted by Gasteiger charge is 2.29. The summed E-state index contributed by atoms with van der Waals surface area (Å²) in [6.07, 6.45) is 0.807. The highest BCUT2D eigenvalue weighted by atomic mass is 16.3. The third-order valence-corrected chi connectivity index (χ3v) is 3.47. The molecule has 0 amide bonds. The second-order valence-corrected chi connectivity index (χ2v) is 4.72. The van der Waals surface area contributed by atoms with E-state index in [2.05, 4.69) is 41.4 Å². The van der Waals surface area contributed by atoms with Crippen molar-refractivity contribution >= 4 is 0 Å². The van der Waals surface area contributed by atoms with Crippen molar-refractivity contribution in [1.82, 2.24) is 10.2 Å². The summed E-state index contributed by atoms with van der Waals surface area (Å²) in [5.74, 6) is 0. The molecule has 1 aliphatic heterocycles. The van der Waals surface area contributed by atoms with Crippen LogP contribution < -0.4 is 5.32 Å². The second-order valence-electron chi connectivity index (χ2n) is 4.72. The molecule has 0 unspecified atom stereocenters. The number of aliphatic hydroxyl groups is 1. The SMILES string of the molecule is CCN1C[C@@H](O)[C@H](NCCc2ccccc2)C1. The number of β-amino-alcohol motifs (C(OH)–C–C–N with tert-alkyl or cyclic N) is 1. The Labute approximate surface area is 103 Å². The molecule has 1 saturated heterocycles. The van der Waals surface area contributed by atoms with Gasteiger partial charge in [-0.1, -0.05) is 37.3 Å². The Morgan fingerprint density at radius 1 is 1.29 bits per heavy atom. The molecule has 3 nitrogen and oxygen atoms in total. The van der Waals surface area contributed by atoms with Gasteiger partial charge in [0.05, 0.1) is 6.10 Å². The first kappa shape index (κ1) is 12.6. The molecule has 0 saturated carbocycles. The van der Waals surface area contributed by atoms with Crippen molar-refractivity contribution in [2.45, 2.75) is 25.5 Å². The Balaban J connectivity index is 1.72. The summed E-state index contributed by atoms with van der Waals surface area (Å²) in [6.45, 7) is 5.86. The van der Waals surface area contributed by atoms with E-state index in [1.807, 2.05) is 6.07 Å². The molecule has 0 radical (unpaired) electrons. The summed E-state index contributed by atoms with van der Waals surface area (Å²) in [5.41, 5.74) is 1.35. The fourth-order valence-corrected chi connectivity index (χ4v) is 2.37. The van der Waals surface area contributed by atoms with Crippen LogP contribution in [-0.4, -0.2) is 48.3 Å². The van der Waals surface area contributed by atoms with Crippen LogP contribution in [0, 0.1) is 0 Å². The van der Waals surface area contributed by atoms with E-state index in [1.165, 1.54) is 5.56 Å². The Hall–Kier alpha value is -0.900. The minimum absolute atomic E-state index is 0.217. The summed E-state index contributed by atoms with van der Waals surface area (Å²) in [5, 5.41) is 13.3. The van der Waals surface area contributed by atoms with Crippen molar-refractivity contribution in [2.75, 3.05) is 26.2 Å². The second kappa shape index (κ2) is 6.15. The van der Waals surface area contributed by atoms with Gasteiger partial charge in [0.15, 0.2) is 0 Å². The van der Waals surface area contributed by atoms with Crippen LogP contribution in [0.15, 0.2) is 30.3 Å². The normalized spacial score (nSPS) is 25.3. The average Bonchev–Trinajstić information content (AvgIpc) is 2.72. The van der Waals surface area contributed by atoms with Gasteiger partial charge in [-0.05, 0) is 25.1 Å². The fraction of sp³-hybridized carbons (Fsp3) is 0.571. The molecule has 0 aromatic heterocycles. The average molecular weight is 234 g/mol. The van der Waals surface area contributed by atoms with E-state index in [-0.39, 0.29) is 12.1 Å². The van der Waals surface area contributed by atoms with E-state index in [9.17, 15) is 5.11 Å². The maximum Gasteiger partial charge on any atom is 0.0832 e. The number of hydrogen-bond donors (Lipinski definition) is 2. The van der Waals surface area contributed by atoms with Gasteiger partial charge in [0.2, 0.25) is 0 Å². The molecule has 1 aromatic carbocycles. The van der Waals surface area contributed by atoms with Gasteiger partial charge in [-0.3, -0.25) is 4.90 Å². The van der Waals surface area contributed by atoms with Gasteiger partial charge in [0.25, 0.3) is 0 Å². The molecule has 2 N–H and O–H groups in total. The number of benzene rings is 1. The number of nitrogens with zero attached hydrogens (tertiary/aromatic N) is 1. The summed E-state index contributed by atoms with van der Waals surface area (Å²) in [4.78, 5) is 2.28. The smallest absolute Gasteiger partial charge is 0.0832 e. The lowest BCUT2D eigenvalue weighted by Gasteiger charge is -2.15. The number of rotatable bonds is 5. The van der Waals surface area contributed by atoms with Crippen molar-refractivity contribution < 1.29 is 5.11 Å². The predicted octanol–water partition coefficient (Wildman–Crippen LogP) is 0.884. The van der Waals surface area contributed by atoms with Crippen molar-refractivity contribution in [2.24, 2.45) is 0 Å². The van der Waals surface area contributed by atoms with Gasteiger partial charge < -0.3 is 10.4 Å². The highest BCUT2D eigenvalue weighted by Crippen LogP contribution is 2.09. The third kappa shape index (κ3) is 3.53. The Morgan fingerprint density at radius 3 is 2.71 bits per heavy atom. The van der Waals surface area contributed by atoms with E-state index >= 15 is 0 Å². The van der Waals surface area contributed by atoms with E-state index in [4.69, 9.17) is 0 Å². The highest BCUT2D eigenvalue weighted by molar-refractivity contribution is 5.14. The Kier molecular flexibility index (Phi) is 4.54. The van der Waals surface area contributed by atoms with Crippen LogP contribution in [0.2, 0.25) is 0 Å². The molecule has 1 aliphatic rings. The number of aliphatic hydroxyl groups excluding tert-OH is 1. The van der Waals surface area contributed by atoms with E-state index < -0.39 is 0 Å². The summed E-state index contributed by atoms with van der Waals surface area (Å²) < 4.78 is 0. The van der Waals surface area contributed by atoms with Crippen molar-refractivity contribution in [1.29, 1.82) is 0 Å². The first-order valence-corrected chi connectivity index (χ1v) is 6.47. The lowest BCUT2D eigenvalue weighted by molar-refractivity contribution is 0.155. The van der Waals surface area contributed by atoms with Crippen LogP contribution >= 0.6 is 0 Å². The van der Waals surface area contributed by atoms with Gasteiger partial charge in [-0.15, -0.1) is 0 Å². The molecular formula is C14H22N2O. The topological polar surface area (TPSA) is 35.5 Å². The van der Waals surface area contributed by atoms with Gasteiger partial charge >= 0.3 is 0 Å². The standard InChI is InChI=1S/C14H22N2O/c1-2-16-10-13(14(17)11-16)15-9-8-12-6-4-3-5-7-12/h3-7,13-15,17H,2,8-11H2,1H3/t13-,14-/m1/s1. The molecule has 0 spiro atoms. The first-order valence-electron chi connectivity index (χ1n) is 6.47. The molecule has 1 fully saturated rings. The third-order valence-electron chi connectivity index (χ3n) is 3.47. The molecule has 0 bridgehead atoms. The molecular weight excluding hydrogens is 212 g/mol. The fourth-order valence-electron chi connectivity index (χ4n) is 2.37. The number of likely N-dealkylation sites (tertiary alicyclic amines) is 1. The molecule has 2 rings (SSSR count). The maximum absolute atomic E-state index is 9.88. The monoisotopic (exact) mass is 234 g/mol. The lowest BCUT2D eigenvalue weighted by Crippen LogP contribution is -2.40. The molecule has 3 heteroatoms. The molecule has 94 valence electrons. The zero-order chi connectivity index (χ0) is 12.1. The van der Waals surface area contributed by atoms with Crippen molar-refractivity contribution in [3.05, 3.63) is 35.9 Å². The minimum atomic E-state index is -0.217. The number of likely N-dealkylation sites (N-methyl/N-ethyl adjacent to an activating group) is 1. The molecule has 0 aliphatic carbocycles. The first-order chi connectivity index (χ1) is 8.29. The lowest BCUT2D eigenvalue weighted by atomic mass is 10.1. The molecule has 1 heterocycles. The summed E-state index contributed by atoms with van der Waals surface area (Å²) in [6, 6.07) is 10.7. The molecule has 1 aromatic rings. The van der Waals surface area contributed by atoms with E-state index in [0.29, 0.717) is 0 Å². The zero-order valence-corrected chi connectivity index (χ0v) is 10.5. The number of nitrogens with one attached hydrogen (secondary N) is 1. The van der Waals surface area contributed by atoms with Crippen molar-refractivity contribution in [3.8, 4) is 0 Å². The minimum Gasteiger partial charge on any atom is -0.390 e.